The van der Waals surface area contributed by atoms with Crippen LogP contribution in [0.15, 0.2) is 51.8 Å². The van der Waals surface area contributed by atoms with E-state index < -0.39 is 11.9 Å². The van der Waals surface area contributed by atoms with Crippen LogP contribution in [0.25, 0.3) is 11.1 Å². The van der Waals surface area contributed by atoms with Crippen LogP contribution in [0.2, 0.25) is 0 Å². The van der Waals surface area contributed by atoms with Gasteiger partial charge in [0.1, 0.15) is 18.1 Å². The molecule has 6 nitrogen and oxygen atoms in total. The molecule has 0 aliphatic carbocycles. The lowest BCUT2D eigenvalue weighted by atomic mass is 10.0. The van der Waals surface area contributed by atoms with Gasteiger partial charge >= 0.3 is 5.97 Å². The van der Waals surface area contributed by atoms with Crippen LogP contribution in [0, 0.1) is 5.95 Å². The first-order valence-electron chi connectivity index (χ1n) is 8.42. The Morgan fingerprint density at radius 3 is 2.86 bits per heavy atom. The van der Waals surface area contributed by atoms with Crippen molar-refractivity contribution in [2.75, 3.05) is 11.8 Å². The van der Waals surface area contributed by atoms with Crippen LogP contribution in [0.1, 0.15) is 16.1 Å². The van der Waals surface area contributed by atoms with E-state index >= 15 is 0 Å². The summed E-state index contributed by atoms with van der Waals surface area (Å²) in [7, 11) is 1.55. The van der Waals surface area contributed by atoms with Gasteiger partial charge in [-0.1, -0.05) is 6.07 Å². The summed E-state index contributed by atoms with van der Waals surface area (Å²) in [6, 6.07) is 11.2. The number of methoxy groups -OCH3 is 1. The number of hydrogen-bond acceptors (Lipinski definition) is 7. The number of anilines is 1. The van der Waals surface area contributed by atoms with Crippen molar-refractivity contribution < 1.29 is 23.8 Å². The van der Waals surface area contributed by atoms with E-state index in [9.17, 15) is 14.3 Å². The molecular formula is C20H14BrFN2O4S. The van der Waals surface area contributed by atoms with Gasteiger partial charge in [0.25, 0.3) is 0 Å². The monoisotopic (exact) mass is 476 g/mol. The lowest BCUT2D eigenvalue weighted by molar-refractivity contribution is 0.0467. The van der Waals surface area contributed by atoms with Gasteiger partial charge in [0.15, 0.2) is 0 Å². The summed E-state index contributed by atoms with van der Waals surface area (Å²) in [6.45, 7) is -0.207. The number of carbonyl (C=O) groups excluding carboxylic acids is 1. The van der Waals surface area contributed by atoms with Crippen LogP contribution >= 0.6 is 27.9 Å². The minimum Gasteiger partial charge on any atom is -0.506 e. The van der Waals surface area contributed by atoms with E-state index in [0.29, 0.717) is 32.1 Å². The van der Waals surface area contributed by atoms with Gasteiger partial charge in [0.05, 0.1) is 33.4 Å². The summed E-state index contributed by atoms with van der Waals surface area (Å²) >= 11 is 4.36. The molecule has 148 valence electrons. The second kappa shape index (κ2) is 7.92. The Morgan fingerprint density at radius 1 is 1.24 bits per heavy atom. The van der Waals surface area contributed by atoms with E-state index in [1.165, 1.54) is 18.2 Å². The summed E-state index contributed by atoms with van der Waals surface area (Å²) in [5.74, 6) is -0.722. The molecule has 0 fully saturated rings. The molecule has 0 saturated heterocycles. The minimum atomic E-state index is -0.666. The number of aromatic hydroxyl groups is 1. The maximum absolute atomic E-state index is 13.8. The number of rotatable bonds is 1. The zero-order valence-electron chi connectivity index (χ0n) is 15.0. The summed E-state index contributed by atoms with van der Waals surface area (Å²) < 4.78 is 28.0. The van der Waals surface area contributed by atoms with Crippen molar-refractivity contribution in [3.05, 3.63) is 64.1 Å². The molecule has 0 spiro atoms. The third kappa shape index (κ3) is 3.88. The van der Waals surface area contributed by atoms with E-state index in [4.69, 9.17) is 9.47 Å². The number of ether oxygens (including phenoxy) is 2. The summed E-state index contributed by atoms with van der Waals surface area (Å²) in [5, 5.41) is 10.3. The number of hydrogen-bond donors (Lipinski definition) is 2. The third-order valence-electron chi connectivity index (χ3n) is 4.33. The Hall–Kier alpha value is -2.78. The quantitative estimate of drug-likeness (QED) is 0.285. The molecule has 1 aliphatic rings. The van der Waals surface area contributed by atoms with Crippen LogP contribution in [-0.4, -0.2) is 23.2 Å². The molecule has 3 aromatic rings. The van der Waals surface area contributed by atoms with Gasteiger partial charge < -0.3 is 19.3 Å². The number of nitrogens with one attached hydrogen (secondary N) is 1. The molecule has 4 bridgehead atoms. The molecule has 2 heterocycles. The van der Waals surface area contributed by atoms with Crippen molar-refractivity contribution in [1.29, 1.82) is 0 Å². The molecule has 0 atom stereocenters. The average molecular weight is 477 g/mol. The molecule has 1 aromatic heterocycles. The molecule has 2 N–H and O–H groups in total. The molecule has 0 radical (unpaired) electrons. The van der Waals surface area contributed by atoms with E-state index in [2.05, 4.69) is 25.6 Å². The van der Waals surface area contributed by atoms with Crippen molar-refractivity contribution in [3.63, 3.8) is 0 Å². The number of benzene rings is 2. The van der Waals surface area contributed by atoms with Gasteiger partial charge in [-0.15, -0.1) is 0 Å². The van der Waals surface area contributed by atoms with Crippen LogP contribution in [0.4, 0.5) is 10.1 Å². The molecule has 0 amide bonds. The topological polar surface area (TPSA) is 80.7 Å². The molecule has 1 aliphatic heterocycles. The Kier molecular flexibility index (Phi) is 5.33. The zero-order chi connectivity index (χ0) is 20.5. The highest BCUT2D eigenvalue weighted by Gasteiger charge is 2.19. The first-order valence-corrected chi connectivity index (χ1v) is 10.0. The first-order chi connectivity index (χ1) is 14.0. The predicted molar refractivity (Wildman–Crippen MR) is 111 cm³/mol. The fourth-order valence-corrected chi connectivity index (χ4v) is 4.26. The molecule has 2 aromatic carbocycles. The maximum Gasteiger partial charge on any atom is 0.338 e. The van der Waals surface area contributed by atoms with Crippen molar-refractivity contribution in [2.45, 2.75) is 11.5 Å². The Balaban J connectivity index is 1.89. The molecule has 29 heavy (non-hydrogen) atoms. The van der Waals surface area contributed by atoms with Gasteiger partial charge in [0.2, 0.25) is 5.95 Å². The number of esters is 1. The lowest BCUT2D eigenvalue weighted by Crippen LogP contribution is -2.08. The van der Waals surface area contributed by atoms with Crippen molar-refractivity contribution >= 4 is 39.5 Å². The highest BCUT2D eigenvalue weighted by atomic mass is 79.9. The highest BCUT2D eigenvalue weighted by molar-refractivity contribution is 9.10. The first kappa shape index (κ1) is 19.5. The summed E-state index contributed by atoms with van der Waals surface area (Å²) in [5.41, 5.74) is 2.53. The summed E-state index contributed by atoms with van der Waals surface area (Å²) in [6.07, 6.45) is 0. The van der Waals surface area contributed by atoms with Crippen molar-refractivity contribution in [1.82, 2.24) is 4.98 Å². The fourth-order valence-electron chi connectivity index (χ4n) is 2.90. The standard InChI is InChI=1S/C20H14BrFN2O4S/c1-27-16-4-2-10-7-14(16)24-29-17-8-11(6-13(21)19(17)25)20(26)28-9-15-12(10)3-5-18(22)23-15/h2-8,24-25H,9H2,1H3. The highest BCUT2D eigenvalue weighted by Crippen LogP contribution is 2.40. The van der Waals surface area contributed by atoms with Gasteiger partial charge in [-0.25, -0.2) is 9.78 Å². The number of carbonyl (C=O) groups is 1. The number of fused-ring (bicyclic) bond motifs is 6. The molecule has 9 heteroatoms. The maximum atomic E-state index is 13.8. The van der Waals surface area contributed by atoms with Gasteiger partial charge in [-0.3, -0.25) is 0 Å². The number of phenolic OH excluding ortho intramolecular Hbond substituents is 1. The Morgan fingerprint density at radius 2 is 2.07 bits per heavy atom. The SMILES string of the molecule is COc1ccc2cc1NSc1cc(cc(Br)c1O)C(=O)OCc1nc(F)ccc1-2. The van der Waals surface area contributed by atoms with Crippen molar-refractivity contribution in [3.8, 4) is 22.6 Å². The van der Waals surface area contributed by atoms with Crippen LogP contribution in [0.3, 0.4) is 0 Å². The zero-order valence-corrected chi connectivity index (χ0v) is 17.4. The number of cyclic esters (lactones) is 1. The second-order valence-corrected chi connectivity index (χ2v) is 7.83. The van der Waals surface area contributed by atoms with Crippen molar-refractivity contribution in [2.24, 2.45) is 0 Å². The summed E-state index contributed by atoms with van der Waals surface area (Å²) in [4.78, 5) is 16.9. The van der Waals surface area contributed by atoms with E-state index in [1.807, 2.05) is 12.1 Å². The number of phenols is 1. The largest absolute Gasteiger partial charge is 0.506 e. The van der Waals surface area contributed by atoms with E-state index in [-0.39, 0.29) is 17.9 Å². The average Bonchev–Trinajstić information content (AvgIpc) is 2.72. The third-order valence-corrected chi connectivity index (χ3v) is 5.78. The Bertz CT molecular complexity index is 1130. The molecular weight excluding hydrogens is 463 g/mol. The van der Waals surface area contributed by atoms with Crippen LogP contribution in [-0.2, 0) is 11.3 Å². The van der Waals surface area contributed by atoms with Crippen LogP contribution < -0.4 is 9.46 Å². The minimum absolute atomic E-state index is 0.0175. The molecule has 0 saturated carbocycles. The fraction of sp³-hybridized carbons (Fsp3) is 0.100. The second-order valence-electron chi connectivity index (χ2n) is 6.13. The predicted octanol–water partition coefficient (Wildman–Crippen LogP) is 5.15. The number of halogens is 2. The van der Waals surface area contributed by atoms with E-state index in [1.54, 1.807) is 19.2 Å². The molecule has 4 rings (SSSR count). The number of pyridine rings is 1. The van der Waals surface area contributed by atoms with Gasteiger partial charge in [-0.05, 0) is 69.8 Å². The number of nitrogens with zero attached hydrogens (tertiary/aromatic N) is 1. The van der Waals surface area contributed by atoms with Gasteiger partial charge in [-0.2, -0.15) is 4.39 Å². The lowest BCUT2D eigenvalue weighted by Gasteiger charge is -2.14. The van der Waals surface area contributed by atoms with E-state index in [0.717, 1.165) is 17.5 Å². The molecule has 0 unspecified atom stereocenters. The Labute approximate surface area is 178 Å². The normalized spacial score (nSPS) is 13.1. The van der Waals surface area contributed by atoms with Gasteiger partial charge in [0, 0.05) is 5.56 Å². The smallest absolute Gasteiger partial charge is 0.338 e. The number of aromatic nitrogens is 1. The van der Waals surface area contributed by atoms with Crippen LogP contribution in [0.5, 0.6) is 11.5 Å².